The number of carbonyl (C=O) groups is 1. The van der Waals surface area contributed by atoms with Crippen molar-refractivity contribution in [2.75, 3.05) is 17.4 Å². The highest BCUT2D eigenvalue weighted by Gasteiger charge is 2.44. The van der Waals surface area contributed by atoms with Crippen LogP contribution in [0.15, 0.2) is 48.5 Å². The summed E-state index contributed by atoms with van der Waals surface area (Å²) in [5.74, 6) is -0.392. The first-order valence-electron chi connectivity index (χ1n) is 14.5. The van der Waals surface area contributed by atoms with Crippen LogP contribution in [0.3, 0.4) is 0 Å². The fourth-order valence-corrected chi connectivity index (χ4v) is 6.07. The summed E-state index contributed by atoms with van der Waals surface area (Å²) in [5.41, 5.74) is 10.1. The number of aryl methyl sites for hydroxylation is 1. The highest BCUT2D eigenvalue weighted by atomic mass is 35.5. The maximum absolute atomic E-state index is 13.4. The Hall–Kier alpha value is -3.32. The third-order valence-corrected chi connectivity index (χ3v) is 8.70. The number of phenolic OH excluding ortho intramolecular Hbond substituents is 1. The zero-order valence-electron chi connectivity index (χ0n) is 25.4. The second kappa shape index (κ2) is 11.1. The summed E-state index contributed by atoms with van der Waals surface area (Å²) in [6.45, 7) is 14.9. The Morgan fingerprint density at radius 3 is 2.33 bits per heavy atom. The number of para-hydroxylation sites is 1. The lowest BCUT2D eigenvalue weighted by atomic mass is 9.78. The fourth-order valence-electron chi connectivity index (χ4n) is 5.90. The maximum Gasteiger partial charge on any atom is 0.171 e. The van der Waals surface area contributed by atoms with Gasteiger partial charge < -0.3 is 15.5 Å². The number of benzene rings is 3. The number of halogens is 1. The van der Waals surface area contributed by atoms with Gasteiger partial charge in [0.25, 0.3) is 0 Å². The van der Waals surface area contributed by atoms with Gasteiger partial charge >= 0.3 is 0 Å². The number of phenols is 1. The van der Waals surface area contributed by atoms with E-state index >= 15 is 0 Å². The summed E-state index contributed by atoms with van der Waals surface area (Å²) >= 11 is 6.30. The molecule has 0 aromatic heterocycles. The molecule has 5 rings (SSSR count). The van der Waals surface area contributed by atoms with Gasteiger partial charge in [0.2, 0.25) is 0 Å². The van der Waals surface area contributed by atoms with Crippen LogP contribution in [-0.4, -0.2) is 28.6 Å². The Labute approximate surface area is 253 Å². The van der Waals surface area contributed by atoms with E-state index in [0.717, 1.165) is 39.2 Å². The molecule has 4 N–H and O–H groups in total. The van der Waals surface area contributed by atoms with E-state index < -0.39 is 18.1 Å². The van der Waals surface area contributed by atoms with Gasteiger partial charge in [-0.1, -0.05) is 89.6 Å². The molecule has 0 radical (unpaired) electrons. The van der Waals surface area contributed by atoms with Crippen molar-refractivity contribution in [2.24, 2.45) is 5.92 Å². The molecule has 3 aromatic rings. The molecule has 0 saturated heterocycles. The number of hydrogen-bond acceptors (Lipinski definition) is 6. The summed E-state index contributed by atoms with van der Waals surface area (Å²) in [6, 6.07) is 13.1. The number of Topliss-reactive ketones (excluding diaryl/α,β-unsaturated/α-hetero) is 1. The minimum Gasteiger partial charge on any atom is -0.507 e. The number of carbonyl (C=O) groups excluding carboxylic acids is 1. The molecule has 2 aliphatic rings. The molecule has 0 amide bonds. The van der Waals surface area contributed by atoms with E-state index in [1.54, 1.807) is 12.1 Å². The first-order valence-corrected chi connectivity index (χ1v) is 14.9. The molecule has 42 heavy (non-hydrogen) atoms. The van der Waals surface area contributed by atoms with Gasteiger partial charge in [-0.3, -0.25) is 15.1 Å². The number of aromatic hydroxyl groups is 1. The molecule has 1 aliphatic heterocycles. The minimum atomic E-state index is -0.952. The molecule has 0 spiro atoms. The molecule has 0 fully saturated rings. The summed E-state index contributed by atoms with van der Waals surface area (Å²) < 4.78 is 0. The van der Waals surface area contributed by atoms with Crippen molar-refractivity contribution >= 4 is 34.8 Å². The van der Waals surface area contributed by atoms with E-state index in [-0.39, 0.29) is 16.6 Å². The molecule has 222 valence electrons. The van der Waals surface area contributed by atoms with Crippen molar-refractivity contribution in [3.05, 3.63) is 92.5 Å². The number of aliphatic hydroxyl groups is 1. The number of nitrogens with one attached hydrogen (secondary N) is 2. The molecule has 3 unspecified atom stereocenters. The van der Waals surface area contributed by atoms with Crippen LogP contribution >= 0.6 is 11.6 Å². The van der Waals surface area contributed by atoms with Crippen molar-refractivity contribution in [1.82, 2.24) is 0 Å². The number of ketones is 1. The third kappa shape index (κ3) is 5.68. The van der Waals surface area contributed by atoms with Gasteiger partial charge in [0, 0.05) is 10.6 Å². The molecule has 1 aliphatic carbocycles. The smallest absolute Gasteiger partial charge is 0.171 e. The fraction of sp³-hybridized carbons (Fsp3) is 0.400. The van der Waals surface area contributed by atoms with Crippen molar-refractivity contribution in [3.63, 3.8) is 0 Å². The van der Waals surface area contributed by atoms with Crippen LogP contribution in [0.4, 0.5) is 11.4 Å². The van der Waals surface area contributed by atoms with E-state index in [4.69, 9.17) is 16.4 Å². The number of hydrogen-bond donors (Lipinski definition) is 4. The summed E-state index contributed by atoms with van der Waals surface area (Å²) in [4.78, 5) is 19.3. The van der Waals surface area contributed by atoms with Gasteiger partial charge in [-0.05, 0) is 75.8 Å². The van der Waals surface area contributed by atoms with Gasteiger partial charge in [-0.2, -0.15) is 0 Å². The van der Waals surface area contributed by atoms with E-state index in [1.807, 2.05) is 37.3 Å². The molecule has 0 bridgehead atoms. The Bertz CT molecular complexity index is 1530. The van der Waals surface area contributed by atoms with Crippen molar-refractivity contribution < 1.29 is 19.8 Å². The predicted molar refractivity (Wildman–Crippen MR) is 171 cm³/mol. The van der Waals surface area contributed by atoms with Crippen LogP contribution in [0.1, 0.15) is 91.4 Å². The Kier molecular flexibility index (Phi) is 7.94. The summed E-state index contributed by atoms with van der Waals surface area (Å²) in [7, 11) is 0. The highest BCUT2D eigenvalue weighted by Crippen LogP contribution is 2.44. The lowest BCUT2D eigenvalue weighted by Crippen LogP contribution is -2.35. The monoisotopic (exact) mass is 588 g/mol. The van der Waals surface area contributed by atoms with E-state index in [0.29, 0.717) is 34.9 Å². The molecule has 1 heterocycles. The van der Waals surface area contributed by atoms with E-state index in [9.17, 15) is 15.0 Å². The first kappa shape index (κ1) is 30.1. The minimum absolute atomic E-state index is 0.0947. The van der Waals surface area contributed by atoms with Gasteiger partial charge in [-0.25, -0.2) is 0 Å². The second-order valence-electron chi connectivity index (χ2n) is 13.6. The number of rotatable bonds is 6. The first-order chi connectivity index (χ1) is 19.7. The lowest BCUT2D eigenvalue weighted by Gasteiger charge is -2.30. The van der Waals surface area contributed by atoms with Crippen LogP contribution in [-0.2, 0) is 22.1 Å². The predicted octanol–water partition coefficient (Wildman–Crippen LogP) is 7.89. The zero-order valence-corrected chi connectivity index (χ0v) is 26.2. The Morgan fingerprint density at radius 1 is 1.02 bits per heavy atom. The van der Waals surface area contributed by atoms with Crippen molar-refractivity contribution in [2.45, 2.75) is 77.9 Å². The molecular formula is C35H41ClN2O4. The van der Waals surface area contributed by atoms with Crippen molar-refractivity contribution in [1.29, 1.82) is 0 Å². The topological polar surface area (TPSA) is 90.8 Å². The number of aliphatic hydroxyl groups excluding tert-OH is 1. The SMILES string of the molecule is Cc1cc2c(cc1Cl)C(O)C(C1C=Cc3cccc(NOCCc4cc(C(C)(C)C)c(O)c(C(C)(C)C)c4)c3N1)C2=O. The van der Waals surface area contributed by atoms with Crippen LogP contribution in [0, 0.1) is 12.8 Å². The molecule has 3 aromatic carbocycles. The van der Waals surface area contributed by atoms with Crippen LogP contribution in [0.25, 0.3) is 6.08 Å². The van der Waals surface area contributed by atoms with Gasteiger partial charge in [0.1, 0.15) is 5.75 Å². The molecule has 3 atom stereocenters. The molecular weight excluding hydrogens is 548 g/mol. The Balaban J connectivity index is 1.30. The lowest BCUT2D eigenvalue weighted by molar-refractivity contribution is 0.0744. The Morgan fingerprint density at radius 2 is 1.69 bits per heavy atom. The van der Waals surface area contributed by atoms with E-state index in [2.05, 4.69) is 64.5 Å². The quantitative estimate of drug-likeness (QED) is 0.173. The largest absolute Gasteiger partial charge is 0.507 e. The summed E-state index contributed by atoms with van der Waals surface area (Å²) in [6.07, 6.45) is 3.62. The maximum atomic E-state index is 13.4. The highest BCUT2D eigenvalue weighted by molar-refractivity contribution is 6.31. The van der Waals surface area contributed by atoms with Gasteiger partial charge in [-0.15, -0.1) is 0 Å². The normalized spacial score (nSPS) is 19.8. The molecule has 0 saturated carbocycles. The van der Waals surface area contributed by atoms with Crippen LogP contribution in [0.5, 0.6) is 5.75 Å². The van der Waals surface area contributed by atoms with E-state index in [1.165, 1.54) is 0 Å². The summed E-state index contributed by atoms with van der Waals surface area (Å²) in [5, 5.41) is 26.2. The second-order valence-corrected chi connectivity index (χ2v) is 14.0. The van der Waals surface area contributed by atoms with Crippen LogP contribution < -0.4 is 10.8 Å². The van der Waals surface area contributed by atoms with Crippen molar-refractivity contribution in [3.8, 4) is 5.75 Å². The standard InChI is InChI=1S/C35H41ClN2O4/c1-19-15-22-23(18-26(19)36)32(40)29(31(22)39)27-12-11-21-9-8-10-28(30(21)37-27)38-42-14-13-20-16-24(34(2,3)4)33(41)25(17-20)35(5,6)7/h8-12,15-18,27,29,32,37-38,40-41H,13-14H2,1-7H3. The van der Waals surface area contributed by atoms with Gasteiger partial charge in [0.05, 0.1) is 36.0 Å². The molecule has 7 heteroatoms. The number of anilines is 2. The number of fused-ring (bicyclic) bond motifs is 2. The average Bonchev–Trinajstić information content (AvgIpc) is 3.14. The van der Waals surface area contributed by atoms with Gasteiger partial charge in [0.15, 0.2) is 5.78 Å². The molecule has 6 nitrogen and oxygen atoms in total. The van der Waals surface area contributed by atoms with Crippen LogP contribution in [0.2, 0.25) is 5.02 Å². The zero-order chi connectivity index (χ0) is 30.6. The average molecular weight is 589 g/mol. The third-order valence-electron chi connectivity index (χ3n) is 8.30.